The van der Waals surface area contributed by atoms with Crippen molar-refractivity contribution >= 4 is 38.9 Å². The smallest absolute Gasteiger partial charge is 0.266 e. The van der Waals surface area contributed by atoms with Gasteiger partial charge in [0, 0.05) is 35.4 Å². The Balaban J connectivity index is 1.53. The quantitative estimate of drug-likeness (QED) is 0.371. The second-order valence-electron chi connectivity index (χ2n) is 7.68. The van der Waals surface area contributed by atoms with Crippen LogP contribution in [0.1, 0.15) is 15.2 Å². The summed E-state index contributed by atoms with van der Waals surface area (Å²) in [5.74, 6) is 0.235. The highest BCUT2D eigenvalue weighted by atomic mass is 32.1. The van der Waals surface area contributed by atoms with Crippen molar-refractivity contribution in [3.8, 4) is 11.5 Å². The van der Waals surface area contributed by atoms with Gasteiger partial charge in [0.25, 0.3) is 11.8 Å². The number of likely N-dealkylation sites (N-methyl/N-ethyl adjacent to an activating group) is 1. The zero-order valence-electron chi connectivity index (χ0n) is 18.7. The van der Waals surface area contributed by atoms with E-state index in [4.69, 9.17) is 9.47 Å². The van der Waals surface area contributed by atoms with E-state index >= 15 is 0 Å². The van der Waals surface area contributed by atoms with Crippen LogP contribution in [0, 0.1) is 5.82 Å². The molecule has 0 bridgehead atoms. The number of para-hydroxylation sites is 1. The van der Waals surface area contributed by atoms with Crippen molar-refractivity contribution < 1.29 is 23.5 Å². The number of ether oxygens (including phenoxy) is 2. The van der Waals surface area contributed by atoms with E-state index in [0.717, 1.165) is 0 Å². The van der Waals surface area contributed by atoms with Gasteiger partial charge in [-0.1, -0.05) is 24.3 Å². The average molecular weight is 479 g/mol. The van der Waals surface area contributed by atoms with E-state index in [-0.39, 0.29) is 25.0 Å². The van der Waals surface area contributed by atoms with Crippen LogP contribution in [-0.2, 0) is 11.4 Å². The van der Waals surface area contributed by atoms with E-state index in [1.165, 1.54) is 22.3 Å². The molecule has 0 aliphatic heterocycles. The summed E-state index contributed by atoms with van der Waals surface area (Å²) in [7, 11) is 3.31. The maximum atomic E-state index is 14.7. The van der Waals surface area contributed by atoms with Crippen LogP contribution >= 0.6 is 11.3 Å². The molecule has 1 heterocycles. The largest absolute Gasteiger partial charge is 0.489 e. The molecule has 34 heavy (non-hydrogen) atoms. The van der Waals surface area contributed by atoms with E-state index in [1.807, 2.05) is 18.2 Å². The second-order valence-corrected chi connectivity index (χ2v) is 8.73. The first kappa shape index (κ1) is 23.3. The van der Waals surface area contributed by atoms with Crippen LogP contribution in [0.25, 0.3) is 10.1 Å². The van der Waals surface area contributed by atoms with Gasteiger partial charge in [-0.2, -0.15) is 0 Å². The molecule has 1 aromatic heterocycles. The Labute approximate surface area is 200 Å². The Bertz CT molecular complexity index is 1300. The summed E-state index contributed by atoms with van der Waals surface area (Å²) in [6.45, 7) is -0.0167. The van der Waals surface area contributed by atoms with Gasteiger partial charge in [0.1, 0.15) is 28.8 Å². The minimum atomic E-state index is -0.395. The molecule has 4 rings (SSSR count). The Hall–Kier alpha value is -3.91. The van der Waals surface area contributed by atoms with Crippen LogP contribution in [0.15, 0.2) is 72.8 Å². The summed E-state index contributed by atoms with van der Waals surface area (Å²) in [4.78, 5) is 26.6. The Morgan fingerprint density at radius 1 is 0.912 bits per heavy atom. The number of hydrogen-bond acceptors (Lipinski definition) is 5. The highest BCUT2D eigenvalue weighted by Gasteiger charge is 2.21. The van der Waals surface area contributed by atoms with Gasteiger partial charge in [-0.25, -0.2) is 4.39 Å². The molecule has 0 fully saturated rings. The maximum absolute atomic E-state index is 14.7. The van der Waals surface area contributed by atoms with Gasteiger partial charge < -0.3 is 19.7 Å². The third-order valence-corrected chi connectivity index (χ3v) is 6.27. The Morgan fingerprint density at radius 2 is 1.62 bits per heavy atom. The molecule has 2 amide bonds. The number of halogens is 1. The molecule has 0 saturated carbocycles. The molecule has 0 radical (unpaired) electrons. The van der Waals surface area contributed by atoms with E-state index in [9.17, 15) is 14.0 Å². The number of benzene rings is 3. The zero-order chi connectivity index (χ0) is 24.1. The molecule has 6 nitrogen and oxygen atoms in total. The van der Waals surface area contributed by atoms with Gasteiger partial charge >= 0.3 is 0 Å². The van der Waals surface area contributed by atoms with Gasteiger partial charge in [-0.15, -0.1) is 11.3 Å². The molecule has 0 saturated heterocycles. The van der Waals surface area contributed by atoms with Crippen molar-refractivity contribution in [3.63, 3.8) is 0 Å². The van der Waals surface area contributed by atoms with Crippen molar-refractivity contribution in [2.45, 2.75) is 6.61 Å². The lowest BCUT2D eigenvalue weighted by atomic mass is 10.1. The topological polar surface area (TPSA) is 67.9 Å². The van der Waals surface area contributed by atoms with Gasteiger partial charge in [-0.3, -0.25) is 9.59 Å². The van der Waals surface area contributed by atoms with Gasteiger partial charge in [0.2, 0.25) is 0 Å². The molecule has 0 aliphatic carbocycles. The molecule has 8 heteroatoms. The van der Waals surface area contributed by atoms with Gasteiger partial charge in [-0.05, 0) is 48.5 Å². The molecule has 0 atom stereocenters. The van der Waals surface area contributed by atoms with Crippen LogP contribution in [0.3, 0.4) is 0 Å². The van der Waals surface area contributed by atoms with Crippen LogP contribution in [0.4, 0.5) is 10.1 Å². The average Bonchev–Trinajstić information content (AvgIpc) is 3.22. The van der Waals surface area contributed by atoms with E-state index < -0.39 is 5.82 Å². The summed E-state index contributed by atoms with van der Waals surface area (Å²) in [5, 5.41) is 3.24. The molecule has 0 unspecified atom stereocenters. The highest BCUT2D eigenvalue weighted by molar-refractivity contribution is 7.21. The number of hydrogen-bond donors (Lipinski definition) is 1. The van der Waals surface area contributed by atoms with E-state index in [1.54, 1.807) is 62.6 Å². The molecule has 3 aromatic carbocycles. The molecule has 0 spiro atoms. The standard InChI is InChI=1S/C26H23FN2O4S/c1-29(2)23(30)16-33-19-13-11-17(12-14-19)28-26(31)25-20(15-32-18-7-4-3-5-8-18)24-21(27)9-6-10-22(24)34-25/h3-14H,15-16H2,1-2H3,(H,28,31). The summed E-state index contributed by atoms with van der Waals surface area (Å²) >= 11 is 1.22. The molecular weight excluding hydrogens is 455 g/mol. The lowest BCUT2D eigenvalue weighted by molar-refractivity contribution is -0.130. The summed E-state index contributed by atoms with van der Waals surface area (Å²) in [6, 6.07) is 20.7. The number of nitrogens with one attached hydrogen (secondary N) is 1. The third-order valence-electron chi connectivity index (χ3n) is 5.07. The van der Waals surface area contributed by atoms with E-state index in [0.29, 0.717) is 37.7 Å². The number of rotatable bonds is 8. The molecule has 174 valence electrons. The number of carbonyl (C=O) groups is 2. The van der Waals surface area contributed by atoms with Crippen molar-refractivity contribution in [1.82, 2.24) is 4.90 Å². The molecule has 0 aliphatic rings. The predicted octanol–water partition coefficient (Wildman–Crippen LogP) is 5.34. The molecular formula is C26H23FN2O4S. The molecule has 1 N–H and O–H groups in total. The fourth-order valence-corrected chi connectivity index (χ4v) is 4.37. The minimum absolute atomic E-state index is 0.0559. The maximum Gasteiger partial charge on any atom is 0.266 e. The number of fused-ring (bicyclic) bond motifs is 1. The number of anilines is 1. The van der Waals surface area contributed by atoms with Crippen LogP contribution in [-0.4, -0.2) is 37.4 Å². The number of thiophene rings is 1. The summed E-state index contributed by atoms with van der Waals surface area (Å²) in [6.07, 6.45) is 0. The van der Waals surface area contributed by atoms with Crippen molar-refractivity contribution in [3.05, 3.63) is 89.1 Å². The van der Waals surface area contributed by atoms with Gasteiger partial charge in [0.15, 0.2) is 6.61 Å². The predicted molar refractivity (Wildman–Crippen MR) is 131 cm³/mol. The lowest BCUT2D eigenvalue weighted by Gasteiger charge is -2.12. The monoisotopic (exact) mass is 478 g/mol. The number of nitrogens with zero attached hydrogens (tertiary/aromatic N) is 1. The second kappa shape index (κ2) is 10.4. The fourth-order valence-electron chi connectivity index (χ4n) is 3.26. The molecule has 4 aromatic rings. The van der Waals surface area contributed by atoms with Crippen molar-refractivity contribution in [2.75, 3.05) is 26.0 Å². The van der Waals surface area contributed by atoms with Gasteiger partial charge in [0.05, 0.1) is 0 Å². The van der Waals surface area contributed by atoms with Crippen molar-refractivity contribution in [1.29, 1.82) is 0 Å². The fraction of sp³-hybridized carbons (Fsp3) is 0.154. The highest BCUT2D eigenvalue weighted by Crippen LogP contribution is 2.34. The third kappa shape index (κ3) is 5.35. The Kier molecular flexibility index (Phi) is 7.08. The van der Waals surface area contributed by atoms with Crippen molar-refractivity contribution in [2.24, 2.45) is 0 Å². The lowest BCUT2D eigenvalue weighted by Crippen LogP contribution is -2.27. The number of amides is 2. The number of carbonyl (C=O) groups excluding carboxylic acids is 2. The first-order chi connectivity index (χ1) is 16.4. The SMILES string of the molecule is CN(C)C(=O)COc1ccc(NC(=O)c2sc3cccc(F)c3c2COc2ccccc2)cc1. The first-order valence-corrected chi connectivity index (χ1v) is 11.4. The zero-order valence-corrected chi connectivity index (χ0v) is 19.5. The first-order valence-electron chi connectivity index (χ1n) is 10.5. The summed E-state index contributed by atoms with van der Waals surface area (Å²) in [5.41, 5.74) is 1.05. The normalized spacial score (nSPS) is 10.7. The minimum Gasteiger partial charge on any atom is -0.489 e. The van der Waals surface area contributed by atoms with E-state index in [2.05, 4.69) is 5.32 Å². The van der Waals surface area contributed by atoms with Crippen LogP contribution < -0.4 is 14.8 Å². The Morgan fingerprint density at radius 3 is 2.32 bits per heavy atom. The summed E-state index contributed by atoms with van der Waals surface area (Å²) < 4.78 is 26.7. The van der Waals surface area contributed by atoms with Crippen LogP contribution in [0.5, 0.6) is 11.5 Å². The van der Waals surface area contributed by atoms with Crippen LogP contribution in [0.2, 0.25) is 0 Å².